The standard InChI is InChI=1S/C20H19F2N3/c1-13-5-6-15(17(22)9-13)11-25-8-7-18-19(12-25)24-20(23-18)14-3-2-4-16(21)10-14/h2-6,9-10H,7-8,11-12H2,1H3,(H,23,24). The van der Waals surface area contributed by atoms with E-state index in [0.717, 1.165) is 35.5 Å². The first-order valence-corrected chi connectivity index (χ1v) is 8.39. The predicted octanol–water partition coefficient (Wildman–Crippen LogP) is 4.22. The van der Waals surface area contributed by atoms with Gasteiger partial charge >= 0.3 is 0 Å². The highest BCUT2D eigenvalue weighted by Crippen LogP contribution is 2.24. The van der Waals surface area contributed by atoms with Crippen LogP contribution >= 0.6 is 0 Å². The molecule has 0 radical (unpaired) electrons. The summed E-state index contributed by atoms with van der Waals surface area (Å²) in [6.45, 7) is 3.97. The van der Waals surface area contributed by atoms with Gasteiger partial charge in [-0.3, -0.25) is 4.90 Å². The van der Waals surface area contributed by atoms with Gasteiger partial charge in [0.25, 0.3) is 0 Å². The van der Waals surface area contributed by atoms with Crippen LogP contribution in [0.1, 0.15) is 22.5 Å². The molecule has 3 nitrogen and oxygen atoms in total. The highest BCUT2D eigenvalue weighted by molar-refractivity contribution is 5.56. The number of aryl methyl sites for hydroxylation is 1. The maximum Gasteiger partial charge on any atom is 0.137 e. The number of aromatic nitrogens is 2. The summed E-state index contributed by atoms with van der Waals surface area (Å²) in [5.74, 6) is 0.257. The molecule has 2 heterocycles. The van der Waals surface area contributed by atoms with E-state index in [4.69, 9.17) is 0 Å². The Morgan fingerprint density at radius 2 is 2.04 bits per heavy atom. The Hall–Kier alpha value is -2.53. The third kappa shape index (κ3) is 3.33. The molecule has 1 aromatic heterocycles. The Morgan fingerprint density at radius 3 is 2.84 bits per heavy atom. The fraction of sp³-hybridized carbons (Fsp3) is 0.250. The van der Waals surface area contributed by atoms with Crippen LogP contribution in [-0.4, -0.2) is 21.4 Å². The maximum absolute atomic E-state index is 14.1. The first kappa shape index (κ1) is 16.0. The fourth-order valence-electron chi connectivity index (χ4n) is 3.28. The second kappa shape index (κ2) is 6.41. The van der Waals surface area contributed by atoms with E-state index in [2.05, 4.69) is 14.9 Å². The van der Waals surface area contributed by atoms with E-state index < -0.39 is 0 Å². The average molecular weight is 339 g/mol. The predicted molar refractivity (Wildman–Crippen MR) is 92.9 cm³/mol. The van der Waals surface area contributed by atoms with Crippen LogP contribution in [-0.2, 0) is 19.5 Å². The number of fused-ring (bicyclic) bond motifs is 1. The monoisotopic (exact) mass is 339 g/mol. The summed E-state index contributed by atoms with van der Waals surface area (Å²) < 4.78 is 27.5. The van der Waals surface area contributed by atoms with E-state index in [9.17, 15) is 8.78 Å². The number of aromatic amines is 1. The third-order valence-corrected chi connectivity index (χ3v) is 4.61. The lowest BCUT2D eigenvalue weighted by atomic mass is 10.1. The highest BCUT2D eigenvalue weighted by atomic mass is 19.1. The van der Waals surface area contributed by atoms with Crippen molar-refractivity contribution in [1.82, 2.24) is 14.9 Å². The average Bonchev–Trinajstić information content (AvgIpc) is 3.01. The molecule has 0 fully saturated rings. The molecule has 0 saturated heterocycles. The summed E-state index contributed by atoms with van der Waals surface area (Å²) in [6.07, 6.45) is 0.800. The van der Waals surface area contributed by atoms with Gasteiger partial charge in [0.05, 0.1) is 11.4 Å². The molecule has 128 valence electrons. The van der Waals surface area contributed by atoms with Crippen molar-refractivity contribution in [3.8, 4) is 11.4 Å². The molecule has 0 spiro atoms. The van der Waals surface area contributed by atoms with Gasteiger partial charge in [0.2, 0.25) is 0 Å². The molecule has 1 aliphatic heterocycles. The zero-order valence-corrected chi connectivity index (χ0v) is 14.0. The molecule has 25 heavy (non-hydrogen) atoms. The molecule has 5 heteroatoms. The minimum absolute atomic E-state index is 0.157. The van der Waals surface area contributed by atoms with E-state index in [-0.39, 0.29) is 11.6 Å². The number of nitrogens with one attached hydrogen (secondary N) is 1. The number of nitrogens with zero attached hydrogens (tertiary/aromatic N) is 2. The van der Waals surface area contributed by atoms with Crippen molar-refractivity contribution in [3.05, 3.63) is 76.6 Å². The van der Waals surface area contributed by atoms with Gasteiger partial charge < -0.3 is 4.98 Å². The normalized spacial score (nSPS) is 14.5. The van der Waals surface area contributed by atoms with Crippen LogP contribution in [0.4, 0.5) is 8.78 Å². The number of halogens is 2. The smallest absolute Gasteiger partial charge is 0.137 e. The molecule has 1 N–H and O–H groups in total. The molecular weight excluding hydrogens is 320 g/mol. The zero-order chi connectivity index (χ0) is 17.4. The molecule has 0 bridgehead atoms. The van der Waals surface area contributed by atoms with E-state index in [1.807, 2.05) is 25.1 Å². The van der Waals surface area contributed by atoms with Gasteiger partial charge in [0, 0.05) is 37.2 Å². The molecule has 4 rings (SSSR count). The summed E-state index contributed by atoms with van der Waals surface area (Å²) in [5.41, 5.74) is 4.41. The fourth-order valence-corrected chi connectivity index (χ4v) is 3.28. The largest absolute Gasteiger partial charge is 0.341 e. The number of hydrogen-bond donors (Lipinski definition) is 1. The van der Waals surface area contributed by atoms with Crippen LogP contribution in [0.3, 0.4) is 0 Å². The van der Waals surface area contributed by atoms with Crippen LogP contribution < -0.4 is 0 Å². The van der Waals surface area contributed by atoms with E-state index >= 15 is 0 Å². The lowest BCUT2D eigenvalue weighted by Crippen LogP contribution is -2.30. The highest BCUT2D eigenvalue weighted by Gasteiger charge is 2.21. The van der Waals surface area contributed by atoms with Gasteiger partial charge in [0.15, 0.2) is 0 Å². The quantitative estimate of drug-likeness (QED) is 0.775. The topological polar surface area (TPSA) is 31.9 Å². The van der Waals surface area contributed by atoms with Gasteiger partial charge in [-0.1, -0.05) is 24.3 Å². The van der Waals surface area contributed by atoms with E-state index in [0.29, 0.717) is 24.5 Å². The van der Waals surface area contributed by atoms with Crippen LogP contribution in [0.25, 0.3) is 11.4 Å². The molecule has 2 aromatic carbocycles. The van der Waals surface area contributed by atoms with Gasteiger partial charge in [0.1, 0.15) is 17.5 Å². The van der Waals surface area contributed by atoms with Crippen molar-refractivity contribution in [1.29, 1.82) is 0 Å². The Morgan fingerprint density at radius 1 is 1.16 bits per heavy atom. The van der Waals surface area contributed by atoms with Crippen molar-refractivity contribution in [2.45, 2.75) is 26.4 Å². The van der Waals surface area contributed by atoms with Crippen molar-refractivity contribution < 1.29 is 8.78 Å². The minimum Gasteiger partial charge on any atom is -0.341 e. The number of rotatable bonds is 3. The van der Waals surface area contributed by atoms with Gasteiger partial charge in [-0.15, -0.1) is 0 Å². The van der Waals surface area contributed by atoms with Crippen LogP contribution in [0.15, 0.2) is 42.5 Å². The lowest BCUT2D eigenvalue weighted by molar-refractivity contribution is 0.238. The first-order chi connectivity index (χ1) is 12.1. The molecule has 1 aliphatic rings. The van der Waals surface area contributed by atoms with Crippen molar-refractivity contribution in [3.63, 3.8) is 0 Å². The zero-order valence-electron chi connectivity index (χ0n) is 14.0. The van der Waals surface area contributed by atoms with Gasteiger partial charge in [-0.2, -0.15) is 0 Å². The number of hydrogen-bond acceptors (Lipinski definition) is 2. The number of imidazole rings is 1. The lowest BCUT2D eigenvalue weighted by Gasteiger charge is -2.26. The number of benzene rings is 2. The Bertz CT molecular complexity index is 917. The molecule has 3 aromatic rings. The number of H-pyrrole nitrogens is 1. The second-order valence-electron chi connectivity index (χ2n) is 6.58. The Labute approximate surface area is 145 Å². The summed E-state index contributed by atoms with van der Waals surface area (Å²) in [7, 11) is 0. The second-order valence-corrected chi connectivity index (χ2v) is 6.58. The summed E-state index contributed by atoms with van der Waals surface area (Å²) in [6, 6.07) is 11.8. The third-order valence-electron chi connectivity index (χ3n) is 4.61. The summed E-state index contributed by atoms with van der Waals surface area (Å²) in [4.78, 5) is 10.1. The Balaban J connectivity index is 1.53. The molecular formula is C20H19F2N3. The SMILES string of the molecule is Cc1ccc(CN2CCc3nc(-c4cccc(F)c4)[nH]c3C2)c(F)c1. The minimum atomic E-state index is -0.275. The van der Waals surface area contributed by atoms with Crippen LogP contribution in [0.2, 0.25) is 0 Å². The maximum atomic E-state index is 14.1. The van der Waals surface area contributed by atoms with E-state index in [1.165, 1.54) is 12.1 Å². The van der Waals surface area contributed by atoms with Crippen molar-refractivity contribution >= 4 is 0 Å². The Kier molecular flexibility index (Phi) is 4.09. The molecule has 0 aliphatic carbocycles. The van der Waals surface area contributed by atoms with Crippen LogP contribution in [0.5, 0.6) is 0 Å². The summed E-state index contributed by atoms with van der Waals surface area (Å²) in [5, 5.41) is 0. The molecule has 0 amide bonds. The van der Waals surface area contributed by atoms with Crippen molar-refractivity contribution in [2.75, 3.05) is 6.54 Å². The summed E-state index contributed by atoms with van der Waals surface area (Å²) >= 11 is 0. The van der Waals surface area contributed by atoms with Gasteiger partial charge in [-0.05, 0) is 30.7 Å². The first-order valence-electron chi connectivity index (χ1n) is 8.39. The molecule has 0 saturated carbocycles. The van der Waals surface area contributed by atoms with Crippen molar-refractivity contribution in [2.24, 2.45) is 0 Å². The molecule has 0 atom stereocenters. The molecule has 0 unspecified atom stereocenters. The van der Waals surface area contributed by atoms with Crippen LogP contribution in [0, 0.1) is 18.6 Å². The van der Waals surface area contributed by atoms with E-state index in [1.54, 1.807) is 12.1 Å². The van der Waals surface area contributed by atoms with Gasteiger partial charge in [-0.25, -0.2) is 13.8 Å².